The molecule has 3 nitrogen and oxygen atoms in total. The molecule has 3 N–H and O–H groups in total. The topological polar surface area (TPSA) is 55.5 Å². The van der Waals surface area contributed by atoms with Crippen molar-refractivity contribution in [3.63, 3.8) is 0 Å². The number of aryl methyl sites for hydroxylation is 1. The molecule has 0 aliphatic heterocycles. The molecule has 1 fully saturated rings. The van der Waals surface area contributed by atoms with E-state index >= 15 is 0 Å². The molecule has 156 valence electrons. The number of hydrogen-bond acceptors (Lipinski definition) is 3. The molecule has 0 heterocycles. The summed E-state index contributed by atoms with van der Waals surface area (Å²) in [4.78, 5) is 0. The predicted octanol–water partition coefficient (Wildman–Crippen LogP) is 4.95. The van der Waals surface area contributed by atoms with Crippen molar-refractivity contribution in [1.82, 2.24) is 0 Å². The van der Waals surface area contributed by atoms with E-state index in [2.05, 4.69) is 56.3 Å². The molecule has 2 aromatic rings. The Morgan fingerprint density at radius 3 is 2.59 bits per heavy atom. The molecule has 1 unspecified atom stereocenters. The third kappa shape index (κ3) is 4.67. The Morgan fingerprint density at radius 2 is 1.90 bits per heavy atom. The van der Waals surface area contributed by atoms with Crippen LogP contribution in [0.3, 0.4) is 0 Å². The Bertz CT molecular complexity index is 829. The largest absolute Gasteiger partial charge is 0.493 e. The van der Waals surface area contributed by atoms with Gasteiger partial charge in [0.15, 0.2) is 0 Å². The Balaban J connectivity index is 1.34. The summed E-state index contributed by atoms with van der Waals surface area (Å²) in [7, 11) is 0. The van der Waals surface area contributed by atoms with Gasteiger partial charge in [0.05, 0.1) is 13.2 Å². The highest BCUT2D eigenvalue weighted by molar-refractivity contribution is 5.37. The van der Waals surface area contributed by atoms with Crippen LogP contribution in [0.2, 0.25) is 0 Å². The fraction of sp³-hybridized carbons (Fsp3) is 0.538. The van der Waals surface area contributed by atoms with Crippen LogP contribution >= 0.6 is 0 Å². The van der Waals surface area contributed by atoms with Gasteiger partial charge in [0.1, 0.15) is 5.75 Å². The standard InChI is InChI=1S/C26H35NO2/c1-18(2)20-7-9-25(10-8-20)29-16-19-3-4-22-14-23(6-5-21(22)13-19)24-11-12-26(27,15-24)17-28/h5-10,14,18-19,24,28H,3-4,11-13,15-17,27H2,1-2H3/t19?,24-,26+/m0/s1. The van der Waals surface area contributed by atoms with E-state index < -0.39 is 0 Å². The Morgan fingerprint density at radius 1 is 1.10 bits per heavy atom. The SMILES string of the molecule is CC(C)c1ccc(OCC2CCc3cc([C@H]4CC[C@](N)(CO)C4)ccc3C2)cc1. The third-order valence-electron chi connectivity index (χ3n) is 7.02. The molecule has 2 aliphatic rings. The van der Waals surface area contributed by atoms with Crippen molar-refractivity contribution in [2.45, 2.75) is 69.7 Å². The monoisotopic (exact) mass is 393 g/mol. The minimum Gasteiger partial charge on any atom is -0.493 e. The van der Waals surface area contributed by atoms with Crippen molar-refractivity contribution in [2.24, 2.45) is 11.7 Å². The van der Waals surface area contributed by atoms with Crippen LogP contribution in [0.5, 0.6) is 5.75 Å². The predicted molar refractivity (Wildman–Crippen MR) is 119 cm³/mol. The van der Waals surface area contributed by atoms with Crippen molar-refractivity contribution < 1.29 is 9.84 Å². The first-order valence-corrected chi connectivity index (χ1v) is 11.2. The van der Waals surface area contributed by atoms with E-state index in [9.17, 15) is 5.11 Å². The number of rotatable bonds is 6. The first-order chi connectivity index (χ1) is 14.0. The first kappa shape index (κ1) is 20.4. The summed E-state index contributed by atoms with van der Waals surface area (Å²) in [6.45, 7) is 5.31. The lowest BCUT2D eigenvalue weighted by Crippen LogP contribution is -2.40. The third-order valence-corrected chi connectivity index (χ3v) is 7.02. The average Bonchev–Trinajstić information content (AvgIpc) is 3.15. The molecule has 2 aliphatic carbocycles. The summed E-state index contributed by atoms with van der Waals surface area (Å²) >= 11 is 0. The first-order valence-electron chi connectivity index (χ1n) is 11.2. The van der Waals surface area contributed by atoms with Gasteiger partial charge in [-0.2, -0.15) is 0 Å². The lowest BCUT2D eigenvalue weighted by molar-refractivity contribution is 0.198. The fourth-order valence-electron chi connectivity index (χ4n) is 4.99. The maximum Gasteiger partial charge on any atom is 0.119 e. The number of hydrogen-bond donors (Lipinski definition) is 2. The highest BCUT2D eigenvalue weighted by Gasteiger charge is 2.36. The van der Waals surface area contributed by atoms with Gasteiger partial charge < -0.3 is 15.6 Å². The minimum absolute atomic E-state index is 0.0936. The molecule has 0 amide bonds. The number of fused-ring (bicyclic) bond motifs is 1. The molecule has 0 aromatic heterocycles. The van der Waals surface area contributed by atoms with Gasteiger partial charge in [-0.05, 0) is 90.7 Å². The molecule has 0 saturated heterocycles. The molecule has 29 heavy (non-hydrogen) atoms. The molecule has 3 atom stereocenters. The van der Waals surface area contributed by atoms with Crippen molar-refractivity contribution in [1.29, 1.82) is 0 Å². The molecular formula is C26H35NO2. The summed E-state index contributed by atoms with van der Waals surface area (Å²) in [5, 5.41) is 9.54. The lowest BCUT2D eigenvalue weighted by Gasteiger charge is -2.26. The van der Waals surface area contributed by atoms with Gasteiger partial charge in [-0.25, -0.2) is 0 Å². The van der Waals surface area contributed by atoms with Crippen molar-refractivity contribution in [3.8, 4) is 5.75 Å². The summed E-state index contributed by atoms with van der Waals surface area (Å²) in [6.07, 6.45) is 6.31. The van der Waals surface area contributed by atoms with E-state index in [4.69, 9.17) is 10.5 Å². The van der Waals surface area contributed by atoms with E-state index in [1.807, 2.05) is 0 Å². The molecular weight excluding hydrogens is 358 g/mol. The zero-order chi connectivity index (χ0) is 20.4. The number of ether oxygens (including phenoxy) is 1. The van der Waals surface area contributed by atoms with Crippen LogP contribution in [-0.4, -0.2) is 23.9 Å². The second-order valence-electron chi connectivity index (χ2n) is 9.63. The number of aliphatic hydroxyl groups excluding tert-OH is 1. The summed E-state index contributed by atoms with van der Waals surface area (Å²) in [6, 6.07) is 15.6. The Kier molecular flexibility index (Phi) is 5.98. The molecule has 0 spiro atoms. The van der Waals surface area contributed by atoms with Gasteiger partial charge in [-0.1, -0.05) is 44.2 Å². The van der Waals surface area contributed by atoms with Gasteiger partial charge >= 0.3 is 0 Å². The molecule has 0 bridgehead atoms. The zero-order valence-electron chi connectivity index (χ0n) is 17.9. The number of benzene rings is 2. The van der Waals surface area contributed by atoms with Gasteiger partial charge in [0.25, 0.3) is 0 Å². The highest BCUT2D eigenvalue weighted by Crippen LogP contribution is 2.40. The van der Waals surface area contributed by atoms with Gasteiger partial charge in [0.2, 0.25) is 0 Å². The summed E-state index contributed by atoms with van der Waals surface area (Å²) in [5.74, 6) is 2.60. The second kappa shape index (κ2) is 8.49. The highest BCUT2D eigenvalue weighted by atomic mass is 16.5. The maximum absolute atomic E-state index is 9.54. The second-order valence-corrected chi connectivity index (χ2v) is 9.63. The normalized spacial score (nSPS) is 26.5. The fourth-order valence-corrected chi connectivity index (χ4v) is 4.99. The summed E-state index contributed by atoms with van der Waals surface area (Å²) < 4.78 is 6.10. The van der Waals surface area contributed by atoms with E-state index in [0.717, 1.165) is 44.5 Å². The molecule has 4 rings (SSSR count). The van der Waals surface area contributed by atoms with Crippen LogP contribution in [0, 0.1) is 5.92 Å². The molecule has 3 heteroatoms. The number of nitrogens with two attached hydrogens (primary N) is 1. The van der Waals surface area contributed by atoms with Crippen LogP contribution in [0.1, 0.15) is 73.6 Å². The van der Waals surface area contributed by atoms with E-state index in [1.54, 1.807) is 0 Å². The van der Waals surface area contributed by atoms with E-state index in [-0.39, 0.29) is 12.1 Å². The van der Waals surface area contributed by atoms with Gasteiger partial charge in [-0.15, -0.1) is 0 Å². The smallest absolute Gasteiger partial charge is 0.119 e. The van der Waals surface area contributed by atoms with E-state index in [0.29, 0.717) is 17.8 Å². The van der Waals surface area contributed by atoms with Crippen LogP contribution in [0.25, 0.3) is 0 Å². The quantitative estimate of drug-likeness (QED) is 0.730. The van der Waals surface area contributed by atoms with Crippen molar-refractivity contribution in [3.05, 3.63) is 64.7 Å². The van der Waals surface area contributed by atoms with Crippen LogP contribution < -0.4 is 10.5 Å². The van der Waals surface area contributed by atoms with Crippen molar-refractivity contribution in [2.75, 3.05) is 13.2 Å². The van der Waals surface area contributed by atoms with Gasteiger partial charge in [0, 0.05) is 5.54 Å². The zero-order valence-corrected chi connectivity index (χ0v) is 17.9. The van der Waals surface area contributed by atoms with Crippen LogP contribution in [-0.2, 0) is 12.8 Å². The average molecular weight is 394 g/mol. The van der Waals surface area contributed by atoms with Gasteiger partial charge in [-0.3, -0.25) is 0 Å². The lowest BCUT2D eigenvalue weighted by atomic mass is 9.82. The molecule has 2 aromatic carbocycles. The molecule has 0 radical (unpaired) electrons. The maximum atomic E-state index is 9.54. The Labute approximate surface area is 175 Å². The minimum atomic E-state index is -0.379. The summed E-state index contributed by atoms with van der Waals surface area (Å²) in [5.41, 5.74) is 11.6. The molecule has 1 saturated carbocycles. The van der Waals surface area contributed by atoms with Crippen molar-refractivity contribution >= 4 is 0 Å². The van der Waals surface area contributed by atoms with Crippen LogP contribution in [0.15, 0.2) is 42.5 Å². The Hall–Kier alpha value is -1.84. The number of aliphatic hydroxyl groups is 1. The van der Waals surface area contributed by atoms with Crippen LogP contribution in [0.4, 0.5) is 0 Å². The van der Waals surface area contributed by atoms with E-state index in [1.165, 1.54) is 28.7 Å².